The third kappa shape index (κ3) is 3.29. The zero-order valence-electron chi connectivity index (χ0n) is 9.39. The fourth-order valence-electron chi connectivity index (χ4n) is 1.54. The zero-order valence-corrected chi connectivity index (χ0v) is 12.4. The molecule has 0 N–H and O–H groups in total. The molecule has 0 saturated carbocycles. The number of nitrogens with zero attached hydrogens (tertiary/aromatic N) is 1. The largest absolute Gasteiger partial charge is 0.337 e. The quantitative estimate of drug-likeness (QED) is 0.769. The Morgan fingerprint density at radius 3 is 2.59 bits per heavy atom. The topological polar surface area (TPSA) is 20.3 Å². The van der Waals surface area contributed by atoms with E-state index in [1.165, 1.54) is 5.56 Å². The highest BCUT2D eigenvalue weighted by Crippen LogP contribution is 2.12. The molecule has 0 unspecified atom stereocenters. The highest BCUT2D eigenvalue weighted by Gasteiger charge is 2.11. The number of hydrogen-bond donors (Lipinski definition) is 0. The van der Waals surface area contributed by atoms with Gasteiger partial charge in [0.05, 0.1) is 0 Å². The summed E-state index contributed by atoms with van der Waals surface area (Å²) >= 11 is 3.88. The molecule has 2 aromatic rings. The van der Waals surface area contributed by atoms with Gasteiger partial charge in [-0.3, -0.25) is 4.79 Å². The number of halogens is 1. The maximum Gasteiger partial charge on any atom is 0.253 e. The summed E-state index contributed by atoms with van der Waals surface area (Å²) in [7, 11) is 1.83. The van der Waals surface area contributed by atoms with Crippen LogP contribution in [0.15, 0.2) is 41.1 Å². The van der Waals surface area contributed by atoms with Crippen molar-refractivity contribution < 1.29 is 4.79 Å². The lowest BCUT2D eigenvalue weighted by Crippen LogP contribution is -2.25. The van der Waals surface area contributed by atoms with Crippen LogP contribution in [0.1, 0.15) is 15.9 Å². The number of amides is 1. The summed E-state index contributed by atoms with van der Waals surface area (Å²) in [6.45, 7) is 0.661. The second-order valence-corrected chi connectivity index (χ2v) is 5.83. The lowest BCUT2D eigenvalue weighted by atomic mass is 10.2. The fraction of sp³-hybridized carbons (Fsp3) is 0.154. The van der Waals surface area contributed by atoms with E-state index in [-0.39, 0.29) is 5.91 Å². The van der Waals surface area contributed by atoms with Crippen LogP contribution in [0.25, 0.3) is 0 Å². The lowest BCUT2D eigenvalue weighted by molar-refractivity contribution is 0.0785. The summed E-state index contributed by atoms with van der Waals surface area (Å²) in [5.41, 5.74) is 1.92. The molecule has 1 aromatic carbocycles. The number of carbonyl (C=O) groups is 1. The van der Waals surface area contributed by atoms with Gasteiger partial charge in [0, 0.05) is 22.7 Å². The van der Waals surface area contributed by atoms with Gasteiger partial charge in [0.15, 0.2) is 0 Å². The van der Waals surface area contributed by atoms with Gasteiger partial charge in [-0.1, -0.05) is 0 Å². The number of hydrogen-bond acceptors (Lipinski definition) is 2. The molecular formula is C13H12INOS. The molecule has 0 radical (unpaired) electrons. The van der Waals surface area contributed by atoms with Gasteiger partial charge in [0.2, 0.25) is 0 Å². The summed E-state index contributed by atoms with van der Waals surface area (Å²) in [6, 6.07) is 9.68. The highest BCUT2D eigenvalue weighted by atomic mass is 127. The SMILES string of the molecule is CN(Cc1ccsc1)C(=O)c1ccc(I)cc1. The van der Waals surface area contributed by atoms with E-state index in [0.717, 1.165) is 9.13 Å². The molecule has 0 spiro atoms. The number of thiophene rings is 1. The molecule has 0 atom stereocenters. The summed E-state index contributed by atoms with van der Waals surface area (Å²) < 4.78 is 1.14. The minimum atomic E-state index is 0.0626. The maximum absolute atomic E-state index is 12.1. The van der Waals surface area contributed by atoms with E-state index in [9.17, 15) is 4.79 Å². The van der Waals surface area contributed by atoms with E-state index in [1.54, 1.807) is 16.2 Å². The van der Waals surface area contributed by atoms with E-state index in [2.05, 4.69) is 28.0 Å². The van der Waals surface area contributed by atoms with Crippen molar-refractivity contribution in [1.29, 1.82) is 0 Å². The smallest absolute Gasteiger partial charge is 0.253 e. The van der Waals surface area contributed by atoms with Gasteiger partial charge in [0.1, 0.15) is 0 Å². The van der Waals surface area contributed by atoms with E-state index < -0.39 is 0 Å². The van der Waals surface area contributed by atoms with Gasteiger partial charge in [-0.05, 0) is 69.2 Å². The molecule has 4 heteroatoms. The number of benzene rings is 1. The van der Waals surface area contributed by atoms with E-state index in [4.69, 9.17) is 0 Å². The molecule has 2 nitrogen and oxygen atoms in total. The third-order valence-electron chi connectivity index (χ3n) is 2.44. The summed E-state index contributed by atoms with van der Waals surface area (Å²) in [4.78, 5) is 13.8. The van der Waals surface area contributed by atoms with Crippen LogP contribution in [0.5, 0.6) is 0 Å². The maximum atomic E-state index is 12.1. The summed E-state index contributed by atoms with van der Waals surface area (Å²) in [5.74, 6) is 0.0626. The van der Waals surface area contributed by atoms with E-state index in [0.29, 0.717) is 6.54 Å². The molecule has 1 heterocycles. The van der Waals surface area contributed by atoms with Crippen LogP contribution in [0.2, 0.25) is 0 Å². The molecule has 17 heavy (non-hydrogen) atoms. The monoisotopic (exact) mass is 357 g/mol. The molecule has 0 aliphatic carbocycles. The molecule has 0 aliphatic heterocycles. The number of carbonyl (C=O) groups excluding carboxylic acids is 1. The Labute approximate surface area is 118 Å². The van der Waals surface area contributed by atoms with Gasteiger partial charge in [-0.15, -0.1) is 0 Å². The Morgan fingerprint density at radius 1 is 1.29 bits per heavy atom. The van der Waals surface area contributed by atoms with Crippen LogP contribution >= 0.6 is 33.9 Å². The first-order valence-corrected chi connectivity index (χ1v) is 7.21. The lowest BCUT2D eigenvalue weighted by Gasteiger charge is -2.16. The average Bonchev–Trinajstić information content (AvgIpc) is 2.82. The molecule has 0 aliphatic rings. The third-order valence-corrected chi connectivity index (χ3v) is 3.89. The minimum absolute atomic E-state index is 0.0626. The minimum Gasteiger partial charge on any atom is -0.337 e. The van der Waals surface area contributed by atoms with Crippen molar-refractivity contribution in [2.24, 2.45) is 0 Å². The Balaban J connectivity index is 2.07. The molecule has 1 amide bonds. The van der Waals surface area contributed by atoms with Gasteiger partial charge in [-0.2, -0.15) is 11.3 Å². The molecule has 0 fully saturated rings. The Morgan fingerprint density at radius 2 is 2.00 bits per heavy atom. The van der Waals surface area contributed by atoms with Crippen molar-refractivity contribution in [1.82, 2.24) is 4.90 Å². The van der Waals surface area contributed by atoms with Gasteiger partial charge < -0.3 is 4.90 Å². The predicted molar refractivity (Wildman–Crippen MR) is 79.3 cm³/mol. The highest BCUT2D eigenvalue weighted by molar-refractivity contribution is 14.1. The Kier molecular flexibility index (Phi) is 4.17. The van der Waals surface area contributed by atoms with Crippen molar-refractivity contribution >= 4 is 39.8 Å². The molecule has 1 aromatic heterocycles. The summed E-state index contributed by atoms with van der Waals surface area (Å²) in [5, 5.41) is 4.09. The first-order chi connectivity index (χ1) is 8.16. The average molecular weight is 357 g/mol. The zero-order chi connectivity index (χ0) is 12.3. The van der Waals surface area contributed by atoms with Crippen molar-refractivity contribution in [2.45, 2.75) is 6.54 Å². The van der Waals surface area contributed by atoms with Gasteiger partial charge in [-0.25, -0.2) is 0 Å². The van der Waals surface area contributed by atoms with Crippen LogP contribution < -0.4 is 0 Å². The molecular weight excluding hydrogens is 345 g/mol. The van der Waals surface area contributed by atoms with Crippen molar-refractivity contribution in [2.75, 3.05) is 7.05 Å². The van der Waals surface area contributed by atoms with Crippen molar-refractivity contribution in [3.8, 4) is 0 Å². The van der Waals surface area contributed by atoms with Crippen LogP contribution in [0.4, 0.5) is 0 Å². The first-order valence-electron chi connectivity index (χ1n) is 5.19. The second-order valence-electron chi connectivity index (χ2n) is 3.80. The second kappa shape index (κ2) is 5.64. The van der Waals surface area contributed by atoms with E-state index >= 15 is 0 Å². The summed E-state index contributed by atoms with van der Waals surface area (Å²) in [6.07, 6.45) is 0. The molecule has 88 valence electrons. The first kappa shape index (κ1) is 12.6. The number of rotatable bonds is 3. The van der Waals surface area contributed by atoms with Crippen LogP contribution in [0, 0.1) is 3.57 Å². The van der Waals surface area contributed by atoms with Crippen molar-refractivity contribution in [3.63, 3.8) is 0 Å². The normalized spacial score (nSPS) is 10.2. The Bertz CT molecular complexity index is 493. The van der Waals surface area contributed by atoms with Crippen LogP contribution in [0.3, 0.4) is 0 Å². The van der Waals surface area contributed by atoms with Crippen LogP contribution in [-0.4, -0.2) is 17.9 Å². The fourth-order valence-corrected chi connectivity index (χ4v) is 2.56. The molecule has 2 rings (SSSR count). The van der Waals surface area contributed by atoms with Gasteiger partial charge >= 0.3 is 0 Å². The van der Waals surface area contributed by atoms with Crippen molar-refractivity contribution in [3.05, 3.63) is 55.8 Å². The molecule has 0 bridgehead atoms. The van der Waals surface area contributed by atoms with Gasteiger partial charge in [0.25, 0.3) is 5.91 Å². The standard InChI is InChI=1S/C13H12INOS/c1-15(8-10-6-7-17-9-10)13(16)11-2-4-12(14)5-3-11/h2-7,9H,8H2,1H3. The molecule has 0 saturated heterocycles. The van der Waals surface area contributed by atoms with Crippen LogP contribution in [-0.2, 0) is 6.54 Å². The van der Waals surface area contributed by atoms with E-state index in [1.807, 2.05) is 42.8 Å². The predicted octanol–water partition coefficient (Wildman–Crippen LogP) is 3.62. The Hall–Kier alpha value is -0.880.